The first-order valence-corrected chi connectivity index (χ1v) is 12.0. The third kappa shape index (κ3) is 5.70. The predicted octanol–water partition coefficient (Wildman–Crippen LogP) is 3.74. The Morgan fingerprint density at radius 2 is 1.77 bits per heavy atom. The van der Waals surface area contributed by atoms with Crippen LogP contribution in [-0.2, 0) is 14.8 Å². The number of carbonyl (C=O) groups is 1. The summed E-state index contributed by atoms with van der Waals surface area (Å²) in [4.78, 5) is 13.2. The number of methoxy groups -OCH3 is 2. The minimum atomic E-state index is -3.80. The molecule has 2 aromatic rings. The highest BCUT2D eigenvalue weighted by molar-refractivity contribution is 7.92. The molecule has 8 heteroatoms. The van der Waals surface area contributed by atoms with Crippen molar-refractivity contribution in [2.75, 3.05) is 24.8 Å². The lowest BCUT2D eigenvalue weighted by atomic mass is 9.97. The van der Waals surface area contributed by atoms with Crippen LogP contribution in [0.2, 0.25) is 0 Å². The van der Waals surface area contributed by atoms with Crippen LogP contribution in [0.25, 0.3) is 0 Å². The van der Waals surface area contributed by atoms with Crippen molar-refractivity contribution in [2.24, 2.45) is 0 Å². The number of anilines is 1. The Hall–Kier alpha value is -2.74. The molecular formula is C23H32N2O5S. The predicted molar refractivity (Wildman–Crippen MR) is 123 cm³/mol. The van der Waals surface area contributed by atoms with Gasteiger partial charge in [-0.15, -0.1) is 0 Å². The first kappa shape index (κ1) is 24.5. The number of aryl methyl sites for hydroxylation is 2. The molecule has 7 nitrogen and oxygen atoms in total. The number of carbonyl (C=O) groups excluding carboxylic acids is 1. The summed E-state index contributed by atoms with van der Waals surface area (Å²) in [6.45, 7) is 7.56. The van der Waals surface area contributed by atoms with Crippen molar-refractivity contribution in [3.05, 3.63) is 53.1 Å². The maximum Gasteiger partial charge on any atom is 0.244 e. The van der Waals surface area contributed by atoms with E-state index in [4.69, 9.17) is 9.47 Å². The number of nitrogens with zero attached hydrogens (tertiary/aromatic N) is 1. The molecule has 0 aromatic heterocycles. The average molecular weight is 449 g/mol. The molecule has 0 aliphatic heterocycles. The van der Waals surface area contributed by atoms with Crippen molar-refractivity contribution in [3.63, 3.8) is 0 Å². The third-order valence-corrected chi connectivity index (χ3v) is 6.46. The number of hydrogen-bond acceptors (Lipinski definition) is 5. The SMILES string of the molecule is CCC(NC(=O)C(C)N(c1cc(OC)ccc1OC)S(C)(=O)=O)c1ccc(C)cc1C. The minimum Gasteiger partial charge on any atom is -0.497 e. The van der Waals surface area contributed by atoms with Crippen molar-refractivity contribution >= 4 is 21.6 Å². The molecule has 0 radical (unpaired) electrons. The van der Waals surface area contributed by atoms with E-state index in [1.807, 2.05) is 32.9 Å². The van der Waals surface area contributed by atoms with Crippen LogP contribution in [0.5, 0.6) is 11.5 Å². The standard InChI is InChI=1S/C23H32N2O5S/c1-8-20(19-11-9-15(2)13-16(19)3)24-23(26)17(4)25(31(7,27)28)21-14-18(29-5)10-12-22(21)30-6/h9-14,17,20H,8H2,1-7H3,(H,24,26). The van der Waals surface area contributed by atoms with Gasteiger partial charge in [-0.05, 0) is 50.5 Å². The van der Waals surface area contributed by atoms with Crippen LogP contribution in [0.15, 0.2) is 36.4 Å². The van der Waals surface area contributed by atoms with Crippen LogP contribution < -0.4 is 19.1 Å². The third-order valence-electron chi connectivity index (χ3n) is 5.24. The van der Waals surface area contributed by atoms with E-state index in [1.165, 1.54) is 14.2 Å². The first-order valence-electron chi connectivity index (χ1n) is 10.1. The van der Waals surface area contributed by atoms with E-state index < -0.39 is 22.0 Å². The number of amides is 1. The maximum atomic E-state index is 13.2. The molecule has 2 aromatic carbocycles. The highest BCUT2D eigenvalue weighted by Gasteiger charge is 2.32. The molecule has 2 rings (SSSR count). The van der Waals surface area contributed by atoms with E-state index in [0.717, 1.165) is 27.3 Å². The Bertz CT molecular complexity index is 1040. The van der Waals surface area contributed by atoms with Gasteiger partial charge >= 0.3 is 0 Å². The fraction of sp³-hybridized carbons (Fsp3) is 0.435. The maximum absolute atomic E-state index is 13.2. The van der Waals surface area contributed by atoms with Gasteiger partial charge in [0.1, 0.15) is 17.5 Å². The van der Waals surface area contributed by atoms with E-state index in [1.54, 1.807) is 25.1 Å². The minimum absolute atomic E-state index is 0.232. The normalized spacial score (nSPS) is 13.3. The van der Waals surface area contributed by atoms with Crippen LogP contribution in [0.4, 0.5) is 5.69 Å². The van der Waals surface area contributed by atoms with Gasteiger partial charge in [0, 0.05) is 6.07 Å². The van der Waals surface area contributed by atoms with Crippen LogP contribution in [-0.4, -0.2) is 40.8 Å². The van der Waals surface area contributed by atoms with E-state index in [-0.39, 0.29) is 11.7 Å². The summed E-state index contributed by atoms with van der Waals surface area (Å²) in [5.41, 5.74) is 3.48. The Labute approximate surface area is 185 Å². The molecule has 0 spiro atoms. The fourth-order valence-electron chi connectivity index (χ4n) is 3.66. The largest absolute Gasteiger partial charge is 0.497 e. The fourth-order valence-corrected chi connectivity index (χ4v) is 4.83. The molecule has 2 atom stereocenters. The lowest BCUT2D eigenvalue weighted by Gasteiger charge is -2.31. The summed E-state index contributed by atoms with van der Waals surface area (Å²) in [7, 11) is -0.867. The molecule has 170 valence electrons. The quantitative estimate of drug-likeness (QED) is 0.632. The second-order valence-electron chi connectivity index (χ2n) is 7.60. The number of nitrogens with one attached hydrogen (secondary N) is 1. The van der Waals surface area contributed by atoms with Crippen LogP contribution >= 0.6 is 0 Å². The van der Waals surface area contributed by atoms with Crippen LogP contribution in [0.1, 0.15) is 43.0 Å². The first-order chi connectivity index (χ1) is 14.5. The van der Waals surface area contributed by atoms with E-state index in [0.29, 0.717) is 17.9 Å². The summed E-state index contributed by atoms with van der Waals surface area (Å²) in [6, 6.07) is 9.67. The molecule has 0 fully saturated rings. The van der Waals surface area contributed by atoms with Gasteiger partial charge in [0.2, 0.25) is 15.9 Å². The van der Waals surface area contributed by atoms with Gasteiger partial charge in [-0.25, -0.2) is 8.42 Å². The summed E-state index contributed by atoms with van der Waals surface area (Å²) in [5.74, 6) is 0.383. The highest BCUT2D eigenvalue weighted by Crippen LogP contribution is 2.35. The molecule has 31 heavy (non-hydrogen) atoms. The van der Waals surface area contributed by atoms with Crippen molar-refractivity contribution in [3.8, 4) is 11.5 Å². The van der Waals surface area contributed by atoms with Gasteiger partial charge in [-0.1, -0.05) is 30.7 Å². The highest BCUT2D eigenvalue weighted by atomic mass is 32.2. The van der Waals surface area contributed by atoms with Crippen molar-refractivity contribution in [2.45, 2.75) is 46.2 Å². The van der Waals surface area contributed by atoms with E-state index >= 15 is 0 Å². The van der Waals surface area contributed by atoms with Gasteiger partial charge in [-0.3, -0.25) is 9.10 Å². The van der Waals surface area contributed by atoms with Gasteiger partial charge in [-0.2, -0.15) is 0 Å². The van der Waals surface area contributed by atoms with E-state index in [2.05, 4.69) is 11.4 Å². The summed E-state index contributed by atoms with van der Waals surface area (Å²) >= 11 is 0. The molecule has 0 heterocycles. The van der Waals surface area contributed by atoms with Crippen molar-refractivity contribution < 1.29 is 22.7 Å². The monoisotopic (exact) mass is 448 g/mol. The number of sulfonamides is 1. The number of ether oxygens (including phenoxy) is 2. The Morgan fingerprint density at radius 1 is 1.10 bits per heavy atom. The zero-order chi connectivity index (χ0) is 23.3. The van der Waals surface area contributed by atoms with Gasteiger partial charge in [0.05, 0.1) is 32.2 Å². The zero-order valence-corrected chi connectivity index (χ0v) is 20.0. The summed E-state index contributed by atoms with van der Waals surface area (Å²) in [5, 5.41) is 3.01. The Balaban J connectivity index is 2.42. The zero-order valence-electron chi connectivity index (χ0n) is 19.2. The summed E-state index contributed by atoms with van der Waals surface area (Å²) < 4.78 is 37.1. The lowest BCUT2D eigenvalue weighted by Crippen LogP contribution is -2.48. The number of hydrogen-bond donors (Lipinski definition) is 1. The molecule has 0 aliphatic carbocycles. The smallest absolute Gasteiger partial charge is 0.244 e. The lowest BCUT2D eigenvalue weighted by molar-refractivity contribution is -0.122. The van der Waals surface area contributed by atoms with Gasteiger partial charge in [0.25, 0.3) is 0 Å². The summed E-state index contributed by atoms with van der Waals surface area (Å²) in [6.07, 6.45) is 1.74. The van der Waals surface area contributed by atoms with Gasteiger partial charge in [0.15, 0.2) is 0 Å². The Morgan fingerprint density at radius 3 is 2.29 bits per heavy atom. The van der Waals surface area contributed by atoms with E-state index in [9.17, 15) is 13.2 Å². The van der Waals surface area contributed by atoms with Gasteiger partial charge < -0.3 is 14.8 Å². The van der Waals surface area contributed by atoms with Crippen LogP contribution in [0, 0.1) is 13.8 Å². The van der Waals surface area contributed by atoms with Crippen molar-refractivity contribution in [1.29, 1.82) is 0 Å². The van der Waals surface area contributed by atoms with Crippen LogP contribution in [0.3, 0.4) is 0 Å². The molecule has 1 N–H and O–H groups in total. The molecule has 0 saturated carbocycles. The molecule has 2 unspecified atom stereocenters. The van der Waals surface area contributed by atoms with Crippen molar-refractivity contribution in [1.82, 2.24) is 5.32 Å². The average Bonchev–Trinajstić information content (AvgIpc) is 2.71. The number of rotatable bonds is 9. The second kappa shape index (κ2) is 10.0. The molecule has 1 amide bonds. The molecule has 0 bridgehead atoms. The molecule has 0 saturated heterocycles. The topological polar surface area (TPSA) is 84.9 Å². The molecule has 0 aliphatic rings. The second-order valence-corrected chi connectivity index (χ2v) is 9.46. The Kier molecular flexibility index (Phi) is 7.95. The number of benzene rings is 2. The molecular weight excluding hydrogens is 416 g/mol.